The number of benzene rings is 1. The van der Waals surface area contributed by atoms with Crippen LogP contribution < -0.4 is 10.1 Å². The van der Waals surface area contributed by atoms with Crippen LogP contribution in [0, 0.1) is 0 Å². The van der Waals surface area contributed by atoms with Gasteiger partial charge in [-0.05, 0) is 32.0 Å². The van der Waals surface area contributed by atoms with Gasteiger partial charge in [0, 0.05) is 44.3 Å². The molecule has 1 N–H and O–H groups in total. The maximum atomic E-state index is 13.0. The molecule has 11 heteroatoms. The predicted molar refractivity (Wildman–Crippen MR) is 115 cm³/mol. The van der Waals surface area contributed by atoms with Crippen molar-refractivity contribution in [3.63, 3.8) is 0 Å². The molecule has 0 radical (unpaired) electrons. The fourth-order valence-corrected chi connectivity index (χ4v) is 5.69. The molecule has 0 spiro atoms. The van der Waals surface area contributed by atoms with Gasteiger partial charge in [-0.3, -0.25) is 9.69 Å². The molecule has 2 aliphatic rings. The fraction of sp³-hybridized carbons (Fsp3) is 0.632. The number of hydrogen-bond acceptors (Lipinski definition) is 6. The highest BCUT2D eigenvalue weighted by molar-refractivity contribution is 7.86. The first-order chi connectivity index (χ1) is 14.2. The van der Waals surface area contributed by atoms with Gasteiger partial charge in [0.15, 0.2) is 0 Å². The molecule has 9 nitrogen and oxygen atoms in total. The highest BCUT2D eigenvalue weighted by atomic mass is 35.5. The van der Waals surface area contributed by atoms with E-state index < -0.39 is 10.2 Å². The highest BCUT2D eigenvalue weighted by Gasteiger charge is 2.36. The van der Waals surface area contributed by atoms with Crippen LogP contribution in [0.15, 0.2) is 18.2 Å². The lowest BCUT2D eigenvalue weighted by Crippen LogP contribution is -2.57. The minimum absolute atomic E-state index is 0.128. The van der Waals surface area contributed by atoms with Crippen molar-refractivity contribution in [3.05, 3.63) is 23.2 Å². The predicted octanol–water partition coefficient (Wildman–Crippen LogP) is 1.26. The number of ether oxygens (including phenoxy) is 2. The zero-order valence-corrected chi connectivity index (χ0v) is 19.1. The minimum atomic E-state index is -3.54. The number of methoxy groups -OCH3 is 1. The molecule has 2 heterocycles. The third-order valence-corrected chi connectivity index (χ3v) is 7.38. The molecule has 30 heavy (non-hydrogen) atoms. The van der Waals surface area contributed by atoms with E-state index >= 15 is 0 Å². The van der Waals surface area contributed by atoms with Crippen LogP contribution in [0.25, 0.3) is 0 Å². The van der Waals surface area contributed by atoms with Gasteiger partial charge >= 0.3 is 0 Å². The molecule has 0 aliphatic carbocycles. The maximum Gasteiger partial charge on any atom is 0.282 e. The number of nitrogens with zero attached hydrogens (tertiary/aromatic N) is 3. The fourth-order valence-electron chi connectivity index (χ4n) is 3.77. The summed E-state index contributed by atoms with van der Waals surface area (Å²) < 4.78 is 39.8. The van der Waals surface area contributed by atoms with E-state index in [1.165, 1.54) is 15.7 Å². The van der Waals surface area contributed by atoms with Gasteiger partial charge < -0.3 is 14.8 Å². The van der Waals surface area contributed by atoms with Crippen LogP contribution in [0.4, 0.5) is 5.69 Å². The third kappa shape index (κ3) is 5.63. The smallest absolute Gasteiger partial charge is 0.282 e. The van der Waals surface area contributed by atoms with Gasteiger partial charge in [0.25, 0.3) is 10.2 Å². The quantitative estimate of drug-likeness (QED) is 0.687. The minimum Gasteiger partial charge on any atom is -0.495 e. The van der Waals surface area contributed by atoms with Crippen LogP contribution in [0.1, 0.15) is 13.8 Å². The van der Waals surface area contributed by atoms with Gasteiger partial charge in [-0.1, -0.05) is 11.6 Å². The maximum absolute atomic E-state index is 13.0. The van der Waals surface area contributed by atoms with Crippen molar-refractivity contribution in [3.8, 4) is 5.75 Å². The molecule has 2 saturated heterocycles. The van der Waals surface area contributed by atoms with Crippen molar-refractivity contribution in [1.82, 2.24) is 13.5 Å². The standard InChI is InChI=1S/C19H29ClN4O5S/c1-14-11-24(12-15(2)29-14)30(26,27)23-8-6-22(7-9-23)13-19(25)21-17-10-16(20)4-5-18(17)28-3/h4-5,10,14-15H,6-9,11-13H2,1-3H3,(H,21,25)/t14-,15-/m0/s1. The molecular formula is C19H29ClN4O5S. The summed E-state index contributed by atoms with van der Waals surface area (Å²) in [4.78, 5) is 14.4. The SMILES string of the molecule is COc1ccc(Cl)cc1NC(=O)CN1CCN(S(=O)(=O)N2C[C@H](C)O[C@@H](C)C2)CC1. The Morgan fingerprint density at radius 3 is 2.40 bits per heavy atom. The number of halogens is 1. The zero-order chi connectivity index (χ0) is 21.9. The molecule has 0 aromatic heterocycles. The van der Waals surface area contributed by atoms with Crippen molar-refractivity contribution in [2.75, 3.05) is 58.2 Å². The van der Waals surface area contributed by atoms with Gasteiger partial charge in [0.2, 0.25) is 5.91 Å². The van der Waals surface area contributed by atoms with Crippen molar-refractivity contribution in [2.24, 2.45) is 0 Å². The van der Waals surface area contributed by atoms with E-state index in [1.807, 2.05) is 18.7 Å². The zero-order valence-electron chi connectivity index (χ0n) is 17.5. The van der Waals surface area contributed by atoms with Crippen molar-refractivity contribution >= 4 is 33.4 Å². The topological polar surface area (TPSA) is 91.4 Å². The van der Waals surface area contributed by atoms with E-state index in [2.05, 4.69) is 5.32 Å². The first-order valence-electron chi connectivity index (χ1n) is 9.95. The summed E-state index contributed by atoms with van der Waals surface area (Å²) in [5.74, 6) is 0.320. The Bertz CT molecular complexity index is 850. The second-order valence-corrected chi connectivity index (χ2v) is 10.0. The molecule has 2 aliphatic heterocycles. The molecule has 168 valence electrons. The Balaban J connectivity index is 1.53. The monoisotopic (exact) mass is 460 g/mol. The summed E-state index contributed by atoms with van der Waals surface area (Å²) in [5.41, 5.74) is 0.506. The first kappa shape index (κ1) is 23.2. The number of carbonyl (C=O) groups excluding carboxylic acids is 1. The number of anilines is 1. The summed E-state index contributed by atoms with van der Waals surface area (Å²) in [6.45, 7) is 6.28. The van der Waals surface area contributed by atoms with Crippen LogP contribution >= 0.6 is 11.6 Å². The van der Waals surface area contributed by atoms with E-state index in [9.17, 15) is 13.2 Å². The van der Waals surface area contributed by atoms with Gasteiger partial charge in [0.1, 0.15) is 5.75 Å². The van der Waals surface area contributed by atoms with Crippen LogP contribution in [-0.2, 0) is 19.7 Å². The lowest BCUT2D eigenvalue weighted by Gasteiger charge is -2.40. The largest absolute Gasteiger partial charge is 0.495 e. The van der Waals surface area contributed by atoms with Gasteiger partial charge in [-0.25, -0.2) is 0 Å². The van der Waals surface area contributed by atoms with Crippen LogP contribution in [0.5, 0.6) is 5.75 Å². The van der Waals surface area contributed by atoms with Crippen molar-refractivity contribution in [1.29, 1.82) is 0 Å². The summed E-state index contributed by atoms with van der Waals surface area (Å²) in [5, 5.41) is 3.31. The first-order valence-corrected chi connectivity index (χ1v) is 11.7. The van der Waals surface area contributed by atoms with E-state index in [0.29, 0.717) is 55.7 Å². The number of amides is 1. The van der Waals surface area contributed by atoms with Gasteiger partial charge in [-0.15, -0.1) is 0 Å². The molecule has 1 aromatic rings. The Kier molecular flexibility index (Phi) is 7.59. The summed E-state index contributed by atoms with van der Waals surface area (Å²) in [7, 11) is -2.01. The van der Waals surface area contributed by atoms with Crippen molar-refractivity contribution < 1.29 is 22.7 Å². The van der Waals surface area contributed by atoms with E-state index in [0.717, 1.165) is 0 Å². The molecule has 1 amide bonds. The average Bonchev–Trinajstić information content (AvgIpc) is 2.68. The van der Waals surface area contributed by atoms with Crippen LogP contribution in [0.2, 0.25) is 5.02 Å². The van der Waals surface area contributed by atoms with Gasteiger partial charge in [0.05, 0.1) is 31.5 Å². The normalized spacial score (nSPS) is 24.5. The molecule has 1 aromatic carbocycles. The molecule has 3 rings (SSSR count). The lowest BCUT2D eigenvalue weighted by molar-refractivity contribution is -0.117. The molecule has 0 bridgehead atoms. The number of rotatable bonds is 6. The number of hydrogen-bond donors (Lipinski definition) is 1. The molecule has 0 saturated carbocycles. The number of piperazine rings is 1. The second-order valence-electron chi connectivity index (χ2n) is 7.65. The second kappa shape index (κ2) is 9.80. The van der Waals surface area contributed by atoms with Crippen LogP contribution in [-0.4, -0.2) is 93.0 Å². The highest BCUT2D eigenvalue weighted by Crippen LogP contribution is 2.27. The summed E-state index contributed by atoms with van der Waals surface area (Å²) in [6.07, 6.45) is -0.256. The average molecular weight is 461 g/mol. The van der Waals surface area contributed by atoms with Gasteiger partial charge in [-0.2, -0.15) is 17.0 Å². The molecular weight excluding hydrogens is 432 g/mol. The lowest BCUT2D eigenvalue weighted by atomic mass is 10.3. The van der Waals surface area contributed by atoms with E-state index in [4.69, 9.17) is 21.1 Å². The summed E-state index contributed by atoms with van der Waals surface area (Å²) in [6, 6.07) is 5.01. The third-order valence-electron chi connectivity index (χ3n) is 5.17. The Morgan fingerprint density at radius 1 is 1.17 bits per heavy atom. The summed E-state index contributed by atoms with van der Waals surface area (Å²) >= 11 is 6.00. The van der Waals surface area contributed by atoms with E-state index in [1.54, 1.807) is 18.2 Å². The molecule has 2 atom stereocenters. The Hall–Kier alpha value is -1.43. The Labute approximate surface area is 183 Å². The van der Waals surface area contributed by atoms with E-state index in [-0.39, 0.29) is 24.7 Å². The number of nitrogens with one attached hydrogen (secondary N) is 1. The molecule has 0 unspecified atom stereocenters. The number of morpholine rings is 1. The van der Waals surface area contributed by atoms with Crippen LogP contribution in [0.3, 0.4) is 0 Å². The Morgan fingerprint density at radius 2 is 1.80 bits per heavy atom. The van der Waals surface area contributed by atoms with Crippen molar-refractivity contribution in [2.45, 2.75) is 26.1 Å². The molecule has 2 fully saturated rings. The number of carbonyl (C=O) groups is 1.